The number of anilines is 1. The van der Waals surface area contributed by atoms with Crippen molar-refractivity contribution in [2.45, 2.75) is 69.7 Å². The molecule has 2 rings (SSSR count). The first-order chi connectivity index (χ1) is 12.4. The zero-order chi connectivity index (χ0) is 19.2. The van der Waals surface area contributed by atoms with Crippen LogP contribution in [0.4, 0.5) is 10.5 Å². The molecule has 0 aromatic heterocycles. The fourth-order valence-electron chi connectivity index (χ4n) is 3.58. The summed E-state index contributed by atoms with van der Waals surface area (Å²) >= 11 is 0. The Labute approximate surface area is 156 Å². The van der Waals surface area contributed by atoms with Gasteiger partial charge in [0.15, 0.2) is 0 Å². The summed E-state index contributed by atoms with van der Waals surface area (Å²) in [5.41, 5.74) is 0.480. The van der Waals surface area contributed by atoms with E-state index in [-0.39, 0.29) is 10.9 Å². The molecule has 6 nitrogen and oxygen atoms in total. The van der Waals surface area contributed by atoms with Crippen LogP contribution >= 0.6 is 0 Å². The fraction of sp³-hybridized carbons (Fsp3) is 0.632. The average molecular weight is 382 g/mol. The van der Waals surface area contributed by atoms with Crippen molar-refractivity contribution in [2.24, 2.45) is 0 Å². The Balaban J connectivity index is 2.26. The van der Waals surface area contributed by atoms with E-state index in [1.807, 2.05) is 13.8 Å². The minimum atomic E-state index is -3.56. The van der Waals surface area contributed by atoms with E-state index in [9.17, 15) is 18.3 Å². The van der Waals surface area contributed by atoms with E-state index in [2.05, 4.69) is 0 Å². The van der Waals surface area contributed by atoms with E-state index in [1.165, 1.54) is 21.3 Å². The second-order valence-corrected chi connectivity index (χ2v) is 8.76. The van der Waals surface area contributed by atoms with Crippen molar-refractivity contribution in [1.82, 2.24) is 4.31 Å². The molecule has 26 heavy (non-hydrogen) atoms. The van der Waals surface area contributed by atoms with Crippen molar-refractivity contribution in [3.63, 3.8) is 0 Å². The van der Waals surface area contributed by atoms with E-state index in [1.54, 1.807) is 12.1 Å². The predicted octanol–water partition coefficient (Wildman–Crippen LogP) is 2.98. The molecular formula is C19H29N2O4S-. The molecule has 1 aliphatic rings. The standard InChI is InChI=1S/C19H30N2O4S/c1-3-14-20(15-4-2)26(24,25)18-12-10-17(11-13-18)21(19(22)23)16-8-6-5-7-9-16/h10-13,16H,3-9,14-15H2,1-2H3,(H,22,23)/p-1. The van der Waals surface area contributed by atoms with Crippen LogP contribution in [0.3, 0.4) is 0 Å². The van der Waals surface area contributed by atoms with Crippen LogP contribution in [0, 0.1) is 0 Å². The number of carbonyl (C=O) groups is 1. The molecule has 0 heterocycles. The molecule has 0 spiro atoms. The van der Waals surface area contributed by atoms with Crippen molar-refractivity contribution < 1.29 is 18.3 Å². The van der Waals surface area contributed by atoms with Gasteiger partial charge in [0.1, 0.15) is 6.09 Å². The van der Waals surface area contributed by atoms with Gasteiger partial charge in [-0.25, -0.2) is 8.42 Å². The molecule has 0 unspecified atom stereocenters. The maximum absolute atomic E-state index is 12.8. The van der Waals surface area contributed by atoms with Gasteiger partial charge in [0.25, 0.3) is 0 Å². The Bertz CT molecular complexity index is 676. The van der Waals surface area contributed by atoms with E-state index in [4.69, 9.17) is 0 Å². The van der Waals surface area contributed by atoms with E-state index < -0.39 is 16.1 Å². The van der Waals surface area contributed by atoms with Crippen LogP contribution < -0.4 is 10.0 Å². The average Bonchev–Trinajstić information content (AvgIpc) is 2.63. The Hall–Kier alpha value is -1.60. The molecule has 1 saturated carbocycles. The third kappa shape index (κ3) is 4.76. The summed E-state index contributed by atoms with van der Waals surface area (Å²) in [5, 5.41) is 11.6. The Morgan fingerprint density at radius 3 is 2.04 bits per heavy atom. The van der Waals surface area contributed by atoms with Crippen LogP contribution in [-0.4, -0.2) is 37.9 Å². The van der Waals surface area contributed by atoms with Gasteiger partial charge in [0, 0.05) is 24.8 Å². The van der Waals surface area contributed by atoms with Gasteiger partial charge in [-0.15, -0.1) is 0 Å². The Morgan fingerprint density at radius 2 is 1.58 bits per heavy atom. The largest absolute Gasteiger partial charge is 0.530 e. The SMILES string of the molecule is CCCN(CCC)S(=O)(=O)c1ccc(N(C(=O)[O-])C2CCCCC2)cc1. The second kappa shape index (κ2) is 9.37. The summed E-state index contributed by atoms with van der Waals surface area (Å²) in [4.78, 5) is 13.1. The van der Waals surface area contributed by atoms with E-state index >= 15 is 0 Å². The van der Waals surface area contributed by atoms with Gasteiger partial charge in [-0.1, -0.05) is 33.1 Å². The Kier molecular flexibility index (Phi) is 7.46. The van der Waals surface area contributed by atoms with Crippen LogP contribution in [0.15, 0.2) is 29.2 Å². The van der Waals surface area contributed by atoms with Crippen LogP contribution in [0.1, 0.15) is 58.8 Å². The van der Waals surface area contributed by atoms with Gasteiger partial charge in [0.2, 0.25) is 10.0 Å². The molecule has 1 aliphatic carbocycles. The highest BCUT2D eigenvalue weighted by atomic mass is 32.2. The number of benzene rings is 1. The topological polar surface area (TPSA) is 80.8 Å². The quantitative estimate of drug-likeness (QED) is 0.693. The van der Waals surface area contributed by atoms with Crippen LogP contribution in [0.5, 0.6) is 0 Å². The molecule has 1 fully saturated rings. The first kappa shape index (κ1) is 20.7. The third-order valence-corrected chi connectivity index (χ3v) is 6.75. The summed E-state index contributed by atoms with van der Waals surface area (Å²) in [5.74, 6) is 0. The molecule has 0 N–H and O–H groups in total. The second-order valence-electron chi connectivity index (χ2n) is 6.83. The molecule has 0 aliphatic heterocycles. The molecule has 1 aromatic rings. The highest BCUT2D eigenvalue weighted by Gasteiger charge is 2.25. The maximum atomic E-state index is 12.8. The first-order valence-corrected chi connectivity index (χ1v) is 11.0. The van der Waals surface area contributed by atoms with Gasteiger partial charge >= 0.3 is 0 Å². The summed E-state index contributed by atoms with van der Waals surface area (Å²) in [7, 11) is -3.56. The lowest BCUT2D eigenvalue weighted by molar-refractivity contribution is -0.247. The molecule has 1 amide bonds. The molecule has 1 aromatic carbocycles. The van der Waals surface area contributed by atoms with Gasteiger partial charge < -0.3 is 14.8 Å². The van der Waals surface area contributed by atoms with Crippen LogP contribution in [0.2, 0.25) is 0 Å². The molecule has 146 valence electrons. The molecule has 0 bridgehead atoms. The molecule has 0 saturated heterocycles. The van der Waals surface area contributed by atoms with Gasteiger partial charge in [0.05, 0.1) is 4.90 Å². The highest BCUT2D eigenvalue weighted by molar-refractivity contribution is 7.89. The van der Waals surface area contributed by atoms with Gasteiger partial charge in [-0.05, 0) is 49.9 Å². The monoisotopic (exact) mass is 381 g/mol. The minimum Gasteiger partial charge on any atom is -0.530 e. The zero-order valence-corrected chi connectivity index (χ0v) is 16.5. The summed E-state index contributed by atoms with van der Waals surface area (Å²) in [6.45, 7) is 4.85. The van der Waals surface area contributed by atoms with Crippen LogP contribution in [0.25, 0.3) is 0 Å². The van der Waals surface area contributed by atoms with Crippen molar-refractivity contribution in [3.05, 3.63) is 24.3 Å². The van der Waals surface area contributed by atoms with Crippen LogP contribution in [-0.2, 0) is 10.0 Å². The fourth-order valence-corrected chi connectivity index (χ4v) is 5.21. The number of rotatable bonds is 8. The number of hydrogen-bond donors (Lipinski definition) is 0. The number of hydrogen-bond acceptors (Lipinski definition) is 4. The van der Waals surface area contributed by atoms with Gasteiger partial charge in [-0.3, -0.25) is 0 Å². The van der Waals surface area contributed by atoms with E-state index in [0.29, 0.717) is 18.8 Å². The molecular weight excluding hydrogens is 352 g/mol. The van der Waals surface area contributed by atoms with Crippen molar-refractivity contribution in [2.75, 3.05) is 18.0 Å². The summed E-state index contributed by atoms with van der Waals surface area (Å²) in [6, 6.07) is 6.07. The number of nitrogens with zero attached hydrogens (tertiary/aromatic N) is 2. The van der Waals surface area contributed by atoms with Crippen molar-refractivity contribution in [1.29, 1.82) is 0 Å². The highest BCUT2D eigenvalue weighted by Crippen LogP contribution is 2.28. The zero-order valence-electron chi connectivity index (χ0n) is 15.7. The third-order valence-electron chi connectivity index (χ3n) is 4.84. The number of amides is 1. The lowest BCUT2D eigenvalue weighted by atomic mass is 9.94. The molecule has 7 heteroatoms. The lowest BCUT2D eigenvalue weighted by Crippen LogP contribution is -2.48. The normalized spacial score (nSPS) is 16.0. The van der Waals surface area contributed by atoms with Gasteiger partial charge in [-0.2, -0.15) is 4.31 Å². The predicted molar refractivity (Wildman–Crippen MR) is 101 cm³/mol. The summed E-state index contributed by atoms with van der Waals surface area (Å²) in [6.07, 6.45) is 5.03. The first-order valence-electron chi connectivity index (χ1n) is 9.52. The van der Waals surface area contributed by atoms with E-state index in [0.717, 1.165) is 44.9 Å². The number of sulfonamides is 1. The smallest absolute Gasteiger partial charge is 0.243 e. The summed E-state index contributed by atoms with van der Waals surface area (Å²) < 4.78 is 27.1. The Morgan fingerprint density at radius 1 is 1.04 bits per heavy atom. The number of carboxylic acid groups (broad SMARTS) is 1. The molecule has 0 radical (unpaired) electrons. The van der Waals surface area contributed by atoms with Crippen molar-refractivity contribution >= 4 is 21.8 Å². The van der Waals surface area contributed by atoms with Crippen molar-refractivity contribution in [3.8, 4) is 0 Å². The lowest BCUT2D eigenvalue weighted by Gasteiger charge is -2.36. The maximum Gasteiger partial charge on any atom is 0.243 e. The minimum absolute atomic E-state index is 0.0899. The molecule has 0 atom stereocenters. The number of carbonyl (C=O) groups excluding carboxylic acids is 1.